The third kappa shape index (κ3) is 3.88. The Kier molecular flexibility index (Phi) is 5.27. The first-order valence-electron chi connectivity index (χ1n) is 7.96. The number of nitrogens with zero attached hydrogens (tertiary/aromatic N) is 3. The predicted octanol–water partition coefficient (Wildman–Crippen LogP) is 5.25. The Bertz CT molecular complexity index is 887. The molecule has 0 aliphatic carbocycles. The molecule has 3 aromatic rings. The Morgan fingerprint density at radius 3 is 2.46 bits per heavy atom. The summed E-state index contributed by atoms with van der Waals surface area (Å²) in [5.41, 5.74) is 1.59. The van der Waals surface area contributed by atoms with Crippen molar-refractivity contribution in [1.29, 1.82) is 0 Å². The zero-order valence-corrected chi connectivity index (χ0v) is 15.2. The number of hydrogen-bond donors (Lipinski definition) is 0. The maximum Gasteiger partial charge on any atom is 0.418 e. The van der Waals surface area contributed by atoms with Crippen molar-refractivity contribution in [2.75, 3.05) is 19.0 Å². The summed E-state index contributed by atoms with van der Waals surface area (Å²) in [6.07, 6.45) is -1.33. The molecule has 0 aliphatic rings. The van der Waals surface area contributed by atoms with E-state index in [-0.39, 0.29) is 5.69 Å². The number of benzene rings is 2. The van der Waals surface area contributed by atoms with Crippen molar-refractivity contribution in [2.45, 2.75) is 17.1 Å². The molecule has 0 fully saturated rings. The van der Waals surface area contributed by atoms with Gasteiger partial charge in [0.25, 0.3) is 0 Å². The third-order valence-corrected chi connectivity index (χ3v) is 4.92. The molecule has 7 heteroatoms. The molecular formula is C19H18F3N3S. The summed E-state index contributed by atoms with van der Waals surface area (Å²) in [5.74, 6) is 0.611. The highest BCUT2D eigenvalue weighted by molar-refractivity contribution is 7.98. The van der Waals surface area contributed by atoms with Crippen LogP contribution in [0, 0.1) is 0 Å². The maximum atomic E-state index is 13.3. The molecule has 0 saturated carbocycles. The highest BCUT2D eigenvalue weighted by atomic mass is 32.2. The molecule has 3 nitrogen and oxygen atoms in total. The van der Waals surface area contributed by atoms with Crippen molar-refractivity contribution in [1.82, 2.24) is 9.55 Å². The van der Waals surface area contributed by atoms with Crippen LogP contribution >= 0.6 is 11.8 Å². The molecule has 1 aromatic heterocycles. The standard InChI is InChI=1S/C19H18F3N3S/c1-24(2)16-9-5-3-7-14(16)13-26-18-23-11-12-25(18)17-10-6-4-8-15(17)19(20,21)22/h3-12H,13H2,1-2H3. The van der Waals surface area contributed by atoms with Gasteiger partial charge >= 0.3 is 6.18 Å². The molecule has 1 heterocycles. The summed E-state index contributed by atoms with van der Waals surface area (Å²) in [4.78, 5) is 6.27. The molecule has 0 N–H and O–H groups in total. The fourth-order valence-electron chi connectivity index (χ4n) is 2.71. The first-order chi connectivity index (χ1) is 12.4. The van der Waals surface area contributed by atoms with Crippen molar-refractivity contribution < 1.29 is 13.2 Å². The van der Waals surface area contributed by atoms with Gasteiger partial charge in [0, 0.05) is 37.9 Å². The van der Waals surface area contributed by atoms with E-state index in [9.17, 15) is 13.2 Å². The number of halogens is 3. The topological polar surface area (TPSA) is 21.1 Å². The lowest BCUT2D eigenvalue weighted by Gasteiger charge is -2.18. The Morgan fingerprint density at radius 2 is 1.73 bits per heavy atom. The lowest BCUT2D eigenvalue weighted by molar-refractivity contribution is -0.137. The van der Waals surface area contributed by atoms with E-state index in [1.807, 2.05) is 43.3 Å². The minimum Gasteiger partial charge on any atom is -0.377 e. The van der Waals surface area contributed by atoms with Crippen LogP contribution in [-0.2, 0) is 11.9 Å². The zero-order chi connectivity index (χ0) is 18.7. The van der Waals surface area contributed by atoms with E-state index in [1.165, 1.54) is 34.7 Å². The number of thioether (sulfide) groups is 1. The number of anilines is 1. The van der Waals surface area contributed by atoms with E-state index < -0.39 is 11.7 Å². The number of alkyl halides is 3. The van der Waals surface area contributed by atoms with Crippen molar-refractivity contribution in [3.63, 3.8) is 0 Å². The summed E-state index contributed by atoms with van der Waals surface area (Å²) in [5, 5.41) is 0.523. The van der Waals surface area contributed by atoms with Gasteiger partial charge < -0.3 is 4.90 Å². The minimum atomic E-state index is -4.42. The van der Waals surface area contributed by atoms with E-state index in [2.05, 4.69) is 4.98 Å². The summed E-state index contributed by atoms with van der Waals surface area (Å²) in [6.45, 7) is 0. The van der Waals surface area contributed by atoms with Crippen LogP contribution in [0.1, 0.15) is 11.1 Å². The highest BCUT2D eigenvalue weighted by Gasteiger charge is 2.34. The first-order valence-corrected chi connectivity index (χ1v) is 8.94. The second kappa shape index (κ2) is 7.45. The van der Waals surface area contributed by atoms with Crippen LogP contribution in [0.2, 0.25) is 0 Å². The Balaban J connectivity index is 1.90. The quantitative estimate of drug-likeness (QED) is 0.567. The van der Waals surface area contributed by atoms with E-state index in [4.69, 9.17) is 0 Å². The second-order valence-corrected chi connectivity index (χ2v) is 6.85. The van der Waals surface area contributed by atoms with Gasteiger partial charge in [-0.3, -0.25) is 4.57 Å². The Hall–Kier alpha value is -2.41. The summed E-state index contributed by atoms with van der Waals surface area (Å²) in [7, 11) is 3.92. The Labute approximate surface area is 154 Å². The van der Waals surface area contributed by atoms with Crippen molar-refractivity contribution in [3.05, 3.63) is 72.1 Å². The molecule has 0 atom stereocenters. The fourth-order valence-corrected chi connectivity index (χ4v) is 3.68. The number of imidazole rings is 1. The van der Waals surface area contributed by atoms with Gasteiger partial charge in [0.15, 0.2) is 5.16 Å². The highest BCUT2D eigenvalue weighted by Crippen LogP contribution is 2.36. The van der Waals surface area contributed by atoms with Crippen LogP contribution in [0.4, 0.5) is 18.9 Å². The molecule has 136 valence electrons. The van der Waals surface area contributed by atoms with E-state index >= 15 is 0 Å². The van der Waals surface area contributed by atoms with Gasteiger partial charge in [-0.15, -0.1) is 0 Å². The lowest BCUT2D eigenvalue weighted by Crippen LogP contribution is -2.11. The number of aromatic nitrogens is 2. The van der Waals surface area contributed by atoms with Gasteiger partial charge in [0.05, 0.1) is 11.3 Å². The molecule has 3 rings (SSSR count). The monoisotopic (exact) mass is 377 g/mol. The lowest BCUT2D eigenvalue weighted by atomic mass is 10.1. The Morgan fingerprint density at radius 1 is 1.04 bits per heavy atom. The van der Waals surface area contributed by atoms with Gasteiger partial charge in [-0.25, -0.2) is 4.98 Å². The number of para-hydroxylation sites is 2. The summed E-state index contributed by atoms with van der Waals surface area (Å²) < 4.78 is 41.4. The fraction of sp³-hybridized carbons (Fsp3) is 0.211. The van der Waals surface area contributed by atoms with Crippen LogP contribution in [0.25, 0.3) is 5.69 Å². The molecule has 0 bridgehead atoms. The van der Waals surface area contributed by atoms with Crippen LogP contribution in [-0.4, -0.2) is 23.6 Å². The minimum absolute atomic E-state index is 0.0842. The summed E-state index contributed by atoms with van der Waals surface area (Å²) >= 11 is 1.41. The van der Waals surface area contributed by atoms with Crippen molar-refractivity contribution in [2.24, 2.45) is 0 Å². The molecule has 2 aromatic carbocycles. The van der Waals surface area contributed by atoms with Gasteiger partial charge in [0.1, 0.15) is 0 Å². The molecule has 0 saturated heterocycles. The second-order valence-electron chi connectivity index (χ2n) is 5.91. The van der Waals surface area contributed by atoms with E-state index in [0.717, 1.165) is 17.3 Å². The van der Waals surface area contributed by atoms with Crippen LogP contribution in [0.3, 0.4) is 0 Å². The predicted molar refractivity (Wildman–Crippen MR) is 98.9 cm³/mol. The smallest absolute Gasteiger partial charge is 0.377 e. The number of rotatable bonds is 5. The van der Waals surface area contributed by atoms with E-state index in [0.29, 0.717) is 10.9 Å². The molecular weight excluding hydrogens is 359 g/mol. The molecule has 0 unspecified atom stereocenters. The zero-order valence-electron chi connectivity index (χ0n) is 14.4. The largest absolute Gasteiger partial charge is 0.418 e. The SMILES string of the molecule is CN(C)c1ccccc1CSc1nccn1-c1ccccc1C(F)(F)F. The van der Waals surface area contributed by atoms with Gasteiger partial charge in [-0.2, -0.15) is 13.2 Å². The molecule has 26 heavy (non-hydrogen) atoms. The average molecular weight is 377 g/mol. The summed E-state index contributed by atoms with van der Waals surface area (Å²) in [6, 6.07) is 13.5. The van der Waals surface area contributed by atoms with E-state index in [1.54, 1.807) is 12.3 Å². The van der Waals surface area contributed by atoms with Crippen molar-refractivity contribution >= 4 is 17.4 Å². The first kappa shape index (κ1) is 18.4. The van der Waals surface area contributed by atoms with Gasteiger partial charge in [0.2, 0.25) is 0 Å². The van der Waals surface area contributed by atoms with Crippen LogP contribution in [0.5, 0.6) is 0 Å². The van der Waals surface area contributed by atoms with Crippen molar-refractivity contribution in [3.8, 4) is 5.69 Å². The average Bonchev–Trinajstić information content (AvgIpc) is 3.08. The molecule has 0 spiro atoms. The van der Waals surface area contributed by atoms with Gasteiger partial charge in [-0.1, -0.05) is 42.1 Å². The van der Waals surface area contributed by atoms with Crippen LogP contribution < -0.4 is 4.90 Å². The van der Waals surface area contributed by atoms with Gasteiger partial charge in [-0.05, 0) is 23.8 Å². The molecule has 0 amide bonds. The normalized spacial score (nSPS) is 11.6. The number of hydrogen-bond acceptors (Lipinski definition) is 3. The van der Waals surface area contributed by atoms with Crippen LogP contribution in [0.15, 0.2) is 66.1 Å². The maximum absolute atomic E-state index is 13.3. The third-order valence-electron chi connectivity index (χ3n) is 3.91. The molecule has 0 aliphatic heterocycles. The molecule has 0 radical (unpaired) electrons.